The van der Waals surface area contributed by atoms with Crippen LogP contribution < -0.4 is 5.32 Å². The second-order valence-corrected chi connectivity index (χ2v) is 9.09. The smallest absolute Gasteiger partial charge is 0.248 e. The molecular weight excluding hydrogens is 416 g/mol. The molecule has 2 heterocycles. The molecular formula is C24H25ClN2O4. The average molecular weight is 441 g/mol. The molecule has 3 amide bonds. The van der Waals surface area contributed by atoms with Gasteiger partial charge < -0.3 is 9.64 Å². The first-order chi connectivity index (χ1) is 14.7. The summed E-state index contributed by atoms with van der Waals surface area (Å²) in [6.45, 7) is 5.14. The summed E-state index contributed by atoms with van der Waals surface area (Å²) in [4.78, 5) is 37.7. The number of hydrogen-bond acceptors (Lipinski definition) is 4. The number of imide groups is 1. The van der Waals surface area contributed by atoms with Crippen molar-refractivity contribution in [3.63, 3.8) is 0 Å². The molecule has 0 radical (unpaired) electrons. The standard InChI is InChI=1S/C24H25ClN2O4/c1-24(2)14-27(21(29)13-31-24)12-15-6-8-16(9-7-15)17-4-3-5-18(22(17)25)19-10-11-20(28)26-23(19)30/h3-9,19H,10-14H2,1-2H3,(H,26,28,30). The third-order valence-corrected chi connectivity index (χ3v) is 6.21. The Bertz CT molecular complexity index is 1030. The van der Waals surface area contributed by atoms with E-state index in [2.05, 4.69) is 5.32 Å². The van der Waals surface area contributed by atoms with E-state index in [0.29, 0.717) is 31.0 Å². The predicted octanol–water partition coefficient (Wildman–Crippen LogP) is 3.66. The third kappa shape index (κ3) is 4.65. The van der Waals surface area contributed by atoms with Crippen molar-refractivity contribution in [2.75, 3.05) is 13.2 Å². The van der Waals surface area contributed by atoms with Crippen LogP contribution in [0, 0.1) is 0 Å². The molecule has 4 rings (SSSR count). The van der Waals surface area contributed by atoms with Crippen molar-refractivity contribution < 1.29 is 19.1 Å². The number of rotatable bonds is 4. The van der Waals surface area contributed by atoms with Crippen LogP contribution in [0.15, 0.2) is 42.5 Å². The Morgan fingerprint density at radius 1 is 1.13 bits per heavy atom. The second-order valence-electron chi connectivity index (χ2n) is 8.71. The van der Waals surface area contributed by atoms with E-state index >= 15 is 0 Å². The SMILES string of the molecule is CC1(C)CN(Cc2ccc(-c3cccc(C4CCC(=O)NC4=O)c3Cl)cc2)C(=O)CO1. The maximum Gasteiger partial charge on any atom is 0.248 e. The van der Waals surface area contributed by atoms with Crippen LogP contribution in [0.5, 0.6) is 0 Å². The topological polar surface area (TPSA) is 75.7 Å². The van der Waals surface area contributed by atoms with Gasteiger partial charge in [-0.3, -0.25) is 19.7 Å². The van der Waals surface area contributed by atoms with Gasteiger partial charge in [0.1, 0.15) is 6.61 Å². The molecule has 0 saturated carbocycles. The molecule has 2 aromatic carbocycles. The summed E-state index contributed by atoms with van der Waals surface area (Å²) >= 11 is 6.69. The van der Waals surface area contributed by atoms with Crippen molar-refractivity contribution in [3.05, 3.63) is 58.6 Å². The van der Waals surface area contributed by atoms with E-state index in [1.807, 2.05) is 61.2 Å². The van der Waals surface area contributed by atoms with Crippen LogP contribution in [0.3, 0.4) is 0 Å². The van der Waals surface area contributed by atoms with Gasteiger partial charge in [-0.15, -0.1) is 0 Å². The van der Waals surface area contributed by atoms with Crippen molar-refractivity contribution >= 4 is 29.3 Å². The highest BCUT2D eigenvalue weighted by molar-refractivity contribution is 6.34. The quantitative estimate of drug-likeness (QED) is 0.736. The van der Waals surface area contributed by atoms with Gasteiger partial charge in [-0.25, -0.2) is 0 Å². The monoisotopic (exact) mass is 440 g/mol. The van der Waals surface area contributed by atoms with E-state index in [-0.39, 0.29) is 29.9 Å². The maximum atomic E-state index is 12.3. The van der Waals surface area contributed by atoms with Gasteiger partial charge in [0.25, 0.3) is 0 Å². The minimum atomic E-state index is -0.430. The Hall–Kier alpha value is -2.70. The van der Waals surface area contributed by atoms with E-state index < -0.39 is 5.92 Å². The van der Waals surface area contributed by atoms with Crippen LogP contribution in [0.1, 0.15) is 43.7 Å². The summed E-state index contributed by atoms with van der Waals surface area (Å²) in [6.07, 6.45) is 0.763. The lowest BCUT2D eigenvalue weighted by Gasteiger charge is -2.37. The zero-order valence-electron chi connectivity index (χ0n) is 17.6. The highest BCUT2D eigenvalue weighted by Crippen LogP contribution is 2.37. The van der Waals surface area contributed by atoms with Crippen LogP contribution in [0.2, 0.25) is 5.02 Å². The first kappa shape index (κ1) is 21.5. The molecule has 1 unspecified atom stereocenters. The van der Waals surface area contributed by atoms with Crippen LogP contribution in [-0.4, -0.2) is 41.4 Å². The molecule has 31 heavy (non-hydrogen) atoms. The molecule has 2 saturated heterocycles. The van der Waals surface area contributed by atoms with Crippen molar-refractivity contribution in [3.8, 4) is 11.1 Å². The molecule has 1 N–H and O–H groups in total. The van der Waals surface area contributed by atoms with Crippen LogP contribution >= 0.6 is 11.6 Å². The number of nitrogens with one attached hydrogen (secondary N) is 1. The molecule has 162 valence electrons. The van der Waals surface area contributed by atoms with Gasteiger partial charge in [0.15, 0.2) is 0 Å². The predicted molar refractivity (Wildman–Crippen MR) is 117 cm³/mol. The summed E-state index contributed by atoms with van der Waals surface area (Å²) in [6, 6.07) is 13.6. The fourth-order valence-corrected chi connectivity index (χ4v) is 4.50. The minimum Gasteiger partial charge on any atom is -0.364 e. The highest BCUT2D eigenvalue weighted by atomic mass is 35.5. The number of amides is 3. The summed E-state index contributed by atoms with van der Waals surface area (Å²) in [7, 11) is 0. The van der Waals surface area contributed by atoms with Crippen molar-refractivity contribution in [2.45, 2.75) is 44.8 Å². The molecule has 7 heteroatoms. The Morgan fingerprint density at radius 3 is 2.58 bits per heavy atom. The van der Waals surface area contributed by atoms with Crippen LogP contribution in [0.4, 0.5) is 0 Å². The van der Waals surface area contributed by atoms with Crippen LogP contribution in [0.25, 0.3) is 11.1 Å². The molecule has 2 fully saturated rings. The average Bonchev–Trinajstić information content (AvgIpc) is 2.72. The first-order valence-corrected chi connectivity index (χ1v) is 10.7. The molecule has 2 aromatic rings. The fraction of sp³-hybridized carbons (Fsp3) is 0.375. The van der Waals surface area contributed by atoms with Gasteiger partial charge in [0.2, 0.25) is 17.7 Å². The second kappa shape index (κ2) is 8.44. The first-order valence-electron chi connectivity index (χ1n) is 10.4. The molecule has 0 spiro atoms. The largest absolute Gasteiger partial charge is 0.364 e. The van der Waals surface area contributed by atoms with E-state index in [1.165, 1.54) is 0 Å². The Morgan fingerprint density at radius 2 is 1.87 bits per heavy atom. The summed E-state index contributed by atoms with van der Waals surface area (Å²) in [5.74, 6) is -0.987. The van der Waals surface area contributed by atoms with Gasteiger partial charge in [-0.2, -0.15) is 0 Å². The summed E-state index contributed by atoms with van der Waals surface area (Å²) in [5.41, 5.74) is 3.16. The molecule has 2 aliphatic heterocycles. The van der Waals surface area contributed by atoms with E-state index in [9.17, 15) is 14.4 Å². The number of benzene rings is 2. The van der Waals surface area contributed by atoms with E-state index in [1.54, 1.807) is 0 Å². The molecule has 2 aliphatic rings. The molecule has 0 aromatic heterocycles. The Labute approximate surface area is 186 Å². The zero-order chi connectivity index (χ0) is 22.2. The number of ether oxygens (including phenoxy) is 1. The van der Waals surface area contributed by atoms with Crippen molar-refractivity contribution in [2.24, 2.45) is 0 Å². The van der Waals surface area contributed by atoms with Crippen LogP contribution in [-0.2, 0) is 25.7 Å². The van der Waals surface area contributed by atoms with Crippen molar-refractivity contribution in [1.29, 1.82) is 0 Å². The van der Waals surface area contributed by atoms with E-state index in [4.69, 9.17) is 16.3 Å². The molecule has 0 aliphatic carbocycles. The molecule has 1 atom stereocenters. The summed E-state index contributed by atoms with van der Waals surface area (Å²) in [5, 5.41) is 2.92. The third-order valence-electron chi connectivity index (χ3n) is 5.79. The normalized spacial score (nSPS) is 21.2. The van der Waals surface area contributed by atoms with Gasteiger partial charge in [-0.05, 0) is 37.0 Å². The van der Waals surface area contributed by atoms with Gasteiger partial charge in [-0.1, -0.05) is 54.1 Å². The summed E-state index contributed by atoms with van der Waals surface area (Å²) < 4.78 is 5.56. The number of piperidine rings is 1. The lowest BCUT2D eigenvalue weighted by molar-refractivity contribution is -0.159. The highest BCUT2D eigenvalue weighted by Gasteiger charge is 2.32. The Balaban J connectivity index is 1.54. The number of hydrogen-bond donors (Lipinski definition) is 1. The maximum absolute atomic E-state index is 12.3. The zero-order valence-corrected chi connectivity index (χ0v) is 18.4. The number of nitrogens with zero attached hydrogens (tertiary/aromatic N) is 1. The van der Waals surface area contributed by atoms with Gasteiger partial charge in [0.05, 0.1) is 16.5 Å². The molecule has 6 nitrogen and oxygen atoms in total. The number of halogens is 1. The number of carbonyl (C=O) groups is 3. The molecule has 0 bridgehead atoms. The van der Waals surface area contributed by atoms with Gasteiger partial charge >= 0.3 is 0 Å². The lowest BCUT2D eigenvalue weighted by Crippen LogP contribution is -2.51. The van der Waals surface area contributed by atoms with E-state index in [0.717, 1.165) is 22.3 Å². The number of morpholine rings is 1. The Kier molecular flexibility index (Phi) is 5.86. The lowest BCUT2D eigenvalue weighted by atomic mass is 9.88. The van der Waals surface area contributed by atoms with Gasteiger partial charge in [0, 0.05) is 25.1 Å². The minimum absolute atomic E-state index is 0.0108. The van der Waals surface area contributed by atoms with Crippen molar-refractivity contribution in [1.82, 2.24) is 10.2 Å². The number of carbonyl (C=O) groups excluding carboxylic acids is 3. The fourth-order valence-electron chi connectivity index (χ4n) is 4.13.